The topological polar surface area (TPSA) is 55.1 Å². The Morgan fingerprint density at radius 2 is 2.16 bits per heavy atom. The van der Waals surface area contributed by atoms with Gasteiger partial charge in [0.2, 0.25) is 5.91 Å². The fraction of sp³-hybridized carbons (Fsp3) is 0.312. The van der Waals surface area contributed by atoms with E-state index in [1.807, 2.05) is 24.3 Å². The molecule has 0 aromatic heterocycles. The summed E-state index contributed by atoms with van der Waals surface area (Å²) in [5.41, 5.74) is 9.75. The van der Waals surface area contributed by atoms with E-state index in [0.717, 1.165) is 24.1 Å². The minimum Gasteiger partial charge on any atom is -0.327 e. The van der Waals surface area contributed by atoms with Crippen LogP contribution in [0.15, 0.2) is 47.6 Å². The molecule has 1 aliphatic carbocycles. The predicted molar refractivity (Wildman–Crippen MR) is 76.9 cm³/mol. The first kappa shape index (κ1) is 12.2. The number of carbonyl (C=O) groups is 1. The molecule has 98 valence electrons. The van der Waals surface area contributed by atoms with E-state index in [2.05, 4.69) is 24.4 Å². The third-order valence-corrected chi connectivity index (χ3v) is 4.19. The summed E-state index contributed by atoms with van der Waals surface area (Å²) < 4.78 is 0. The number of amides is 1. The van der Waals surface area contributed by atoms with Crippen LogP contribution in [0.25, 0.3) is 0 Å². The molecule has 3 N–H and O–H groups in total. The first-order valence-electron chi connectivity index (χ1n) is 6.63. The van der Waals surface area contributed by atoms with Crippen LogP contribution in [0.1, 0.15) is 25.3 Å². The van der Waals surface area contributed by atoms with Crippen LogP contribution in [0.2, 0.25) is 0 Å². The average molecular weight is 254 g/mol. The molecule has 1 heterocycles. The van der Waals surface area contributed by atoms with Gasteiger partial charge in [-0.15, -0.1) is 0 Å². The molecule has 1 aromatic rings. The lowest BCUT2D eigenvalue weighted by molar-refractivity contribution is -0.120. The first-order chi connectivity index (χ1) is 9.17. The van der Waals surface area contributed by atoms with Crippen LogP contribution in [0, 0.1) is 0 Å². The molecule has 0 saturated carbocycles. The molecule has 0 radical (unpaired) electrons. The first-order valence-corrected chi connectivity index (χ1v) is 6.63. The lowest BCUT2D eigenvalue weighted by atomic mass is 9.78. The summed E-state index contributed by atoms with van der Waals surface area (Å²) >= 11 is 0. The third kappa shape index (κ3) is 1.73. The van der Waals surface area contributed by atoms with Gasteiger partial charge in [0.15, 0.2) is 0 Å². The summed E-state index contributed by atoms with van der Waals surface area (Å²) in [7, 11) is 0. The van der Waals surface area contributed by atoms with E-state index in [9.17, 15) is 4.79 Å². The molecule has 3 rings (SSSR count). The van der Waals surface area contributed by atoms with E-state index >= 15 is 0 Å². The van der Waals surface area contributed by atoms with Gasteiger partial charge in [0.25, 0.3) is 0 Å². The lowest BCUT2D eigenvalue weighted by Crippen LogP contribution is -2.32. The smallest absolute Gasteiger partial charge is 0.235 e. The summed E-state index contributed by atoms with van der Waals surface area (Å²) in [6.45, 7) is 2.64. The van der Waals surface area contributed by atoms with Crippen LogP contribution < -0.4 is 11.1 Å². The Kier molecular flexibility index (Phi) is 2.79. The Hall–Kier alpha value is -1.87. The predicted octanol–water partition coefficient (Wildman–Crippen LogP) is 2.50. The van der Waals surface area contributed by atoms with E-state index in [1.165, 1.54) is 11.1 Å². The van der Waals surface area contributed by atoms with Crippen molar-refractivity contribution in [2.45, 2.75) is 25.2 Å². The molecule has 1 atom stereocenters. The number of carbonyl (C=O) groups excluding carboxylic acids is 1. The highest BCUT2D eigenvalue weighted by atomic mass is 16.2. The zero-order valence-corrected chi connectivity index (χ0v) is 11.1. The largest absolute Gasteiger partial charge is 0.327 e. The van der Waals surface area contributed by atoms with Gasteiger partial charge in [-0.1, -0.05) is 35.9 Å². The van der Waals surface area contributed by atoms with E-state index in [0.29, 0.717) is 6.54 Å². The molecule has 1 aliphatic heterocycles. The standard InChI is InChI=1S/C16H18N2O/c1-11-9-16(10-12(11)5-4-8-17)13-6-2-3-7-14(13)18-15(16)19/h2-7H,8-10,17H2,1H3,(H,18,19)/b5-4-. The molecule has 19 heavy (non-hydrogen) atoms. The molecule has 0 saturated heterocycles. The quantitative estimate of drug-likeness (QED) is 0.852. The van der Waals surface area contributed by atoms with Crippen LogP contribution in [0.4, 0.5) is 5.69 Å². The molecule has 1 aromatic carbocycles. The van der Waals surface area contributed by atoms with Crippen molar-refractivity contribution >= 4 is 11.6 Å². The molecular weight excluding hydrogens is 236 g/mol. The zero-order valence-electron chi connectivity index (χ0n) is 11.1. The van der Waals surface area contributed by atoms with Crippen LogP contribution in [-0.2, 0) is 10.2 Å². The number of fused-ring (bicyclic) bond motifs is 2. The van der Waals surface area contributed by atoms with Gasteiger partial charge in [0, 0.05) is 12.2 Å². The monoisotopic (exact) mass is 254 g/mol. The van der Waals surface area contributed by atoms with Crippen LogP contribution in [0.3, 0.4) is 0 Å². The van der Waals surface area contributed by atoms with Gasteiger partial charge < -0.3 is 11.1 Å². The highest BCUT2D eigenvalue weighted by Crippen LogP contribution is 2.50. The van der Waals surface area contributed by atoms with Crippen molar-refractivity contribution in [3.63, 3.8) is 0 Å². The summed E-state index contributed by atoms with van der Waals surface area (Å²) in [6, 6.07) is 8.01. The van der Waals surface area contributed by atoms with Crippen molar-refractivity contribution in [2.24, 2.45) is 5.73 Å². The van der Waals surface area contributed by atoms with Crippen molar-refractivity contribution < 1.29 is 4.79 Å². The van der Waals surface area contributed by atoms with Crippen molar-refractivity contribution in [1.82, 2.24) is 0 Å². The van der Waals surface area contributed by atoms with E-state index < -0.39 is 5.41 Å². The SMILES string of the molecule is CC1=C(/C=C\CN)CC2(C1)C(=O)Nc1ccccc12. The molecule has 0 bridgehead atoms. The highest BCUT2D eigenvalue weighted by Gasteiger charge is 2.49. The number of hydrogen-bond donors (Lipinski definition) is 2. The van der Waals surface area contributed by atoms with Gasteiger partial charge in [0.1, 0.15) is 0 Å². The summed E-state index contributed by atoms with van der Waals surface area (Å²) in [6.07, 6.45) is 5.60. The maximum Gasteiger partial charge on any atom is 0.235 e. The maximum atomic E-state index is 12.4. The number of benzene rings is 1. The third-order valence-electron chi connectivity index (χ3n) is 4.19. The van der Waals surface area contributed by atoms with Crippen molar-refractivity contribution in [1.29, 1.82) is 0 Å². The Morgan fingerprint density at radius 3 is 2.95 bits per heavy atom. The Labute approximate surface area is 113 Å². The Morgan fingerprint density at radius 1 is 1.37 bits per heavy atom. The van der Waals surface area contributed by atoms with Crippen molar-refractivity contribution in [3.05, 3.63) is 53.1 Å². The van der Waals surface area contributed by atoms with Crippen molar-refractivity contribution in [3.8, 4) is 0 Å². The van der Waals surface area contributed by atoms with Gasteiger partial charge in [0.05, 0.1) is 5.41 Å². The number of allylic oxidation sites excluding steroid dienone is 3. The number of anilines is 1. The van der Waals surface area contributed by atoms with Crippen molar-refractivity contribution in [2.75, 3.05) is 11.9 Å². The zero-order chi connectivity index (χ0) is 13.5. The second-order valence-corrected chi connectivity index (χ2v) is 5.38. The van der Waals surface area contributed by atoms with Crippen LogP contribution in [0.5, 0.6) is 0 Å². The molecule has 3 heteroatoms. The number of nitrogens with one attached hydrogen (secondary N) is 1. The summed E-state index contributed by atoms with van der Waals surface area (Å²) in [5.74, 6) is 0.129. The van der Waals surface area contributed by atoms with Gasteiger partial charge in [-0.3, -0.25) is 4.79 Å². The second-order valence-electron chi connectivity index (χ2n) is 5.38. The van der Waals surface area contributed by atoms with Gasteiger partial charge in [-0.25, -0.2) is 0 Å². The number of hydrogen-bond acceptors (Lipinski definition) is 2. The normalized spacial score (nSPS) is 25.5. The van der Waals surface area contributed by atoms with E-state index in [1.54, 1.807) is 0 Å². The minimum absolute atomic E-state index is 0.129. The van der Waals surface area contributed by atoms with E-state index in [-0.39, 0.29) is 5.91 Å². The lowest BCUT2D eigenvalue weighted by Gasteiger charge is -2.21. The number of nitrogens with two attached hydrogens (primary N) is 1. The van der Waals surface area contributed by atoms with Gasteiger partial charge in [-0.2, -0.15) is 0 Å². The van der Waals surface area contributed by atoms with Crippen LogP contribution in [-0.4, -0.2) is 12.5 Å². The maximum absolute atomic E-state index is 12.4. The van der Waals surface area contributed by atoms with Gasteiger partial charge in [-0.05, 0) is 37.0 Å². The molecule has 0 fully saturated rings. The molecule has 3 nitrogen and oxygen atoms in total. The molecule has 1 amide bonds. The number of para-hydroxylation sites is 1. The Bertz CT molecular complexity index is 601. The summed E-state index contributed by atoms with van der Waals surface area (Å²) in [4.78, 5) is 12.4. The fourth-order valence-corrected chi connectivity index (χ4v) is 3.24. The molecule has 1 spiro atoms. The minimum atomic E-state index is -0.394. The molecule has 2 aliphatic rings. The highest BCUT2D eigenvalue weighted by molar-refractivity contribution is 6.07. The molecule has 1 unspecified atom stereocenters. The van der Waals surface area contributed by atoms with Gasteiger partial charge >= 0.3 is 0 Å². The van der Waals surface area contributed by atoms with Crippen LogP contribution >= 0.6 is 0 Å². The second kappa shape index (κ2) is 4.35. The van der Waals surface area contributed by atoms with E-state index in [4.69, 9.17) is 5.73 Å². The molecular formula is C16H18N2O. The fourth-order valence-electron chi connectivity index (χ4n) is 3.24. The number of rotatable bonds is 2. The average Bonchev–Trinajstić information content (AvgIpc) is 2.87. The summed E-state index contributed by atoms with van der Waals surface area (Å²) in [5, 5.41) is 3.01. The Balaban J connectivity index is 2.00.